The van der Waals surface area contributed by atoms with E-state index in [1.54, 1.807) is 11.3 Å². The van der Waals surface area contributed by atoms with E-state index in [1.807, 2.05) is 18.7 Å². The molecule has 0 bridgehead atoms. The number of nitrogens with zero attached hydrogens (tertiary/aromatic N) is 2. The van der Waals surface area contributed by atoms with E-state index in [4.69, 9.17) is 0 Å². The van der Waals surface area contributed by atoms with Gasteiger partial charge in [0, 0.05) is 23.7 Å². The van der Waals surface area contributed by atoms with Crippen molar-refractivity contribution in [1.82, 2.24) is 15.1 Å². The molecule has 0 spiro atoms. The van der Waals surface area contributed by atoms with Crippen molar-refractivity contribution in [2.75, 3.05) is 0 Å². The first-order chi connectivity index (χ1) is 12.9. The van der Waals surface area contributed by atoms with Crippen molar-refractivity contribution in [2.45, 2.75) is 46.1 Å². The van der Waals surface area contributed by atoms with Crippen molar-refractivity contribution in [2.24, 2.45) is 7.05 Å². The maximum Gasteiger partial charge on any atom is 0.261 e. The zero-order valence-corrected chi connectivity index (χ0v) is 17.1. The summed E-state index contributed by atoms with van der Waals surface area (Å²) in [6, 6.07) is 10.7. The molecule has 1 N–H and O–H groups in total. The number of fused-ring (bicyclic) bond motifs is 3. The third-order valence-electron chi connectivity index (χ3n) is 5.51. The number of hydrogen-bond acceptors (Lipinski definition) is 3. The quantitative estimate of drug-likeness (QED) is 0.738. The average Bonchev–Trinajstić information content (AvgIpc) is 3.19. The lowest BCUT2D eigenvalue weighted by atomic mass is 9.91. The monoisotopic (exact) mass is 379 g/mol. The predicted molar refractivity (Wildman–Crippen MR) is 110 cm³/mol. The lowest BCUT2D eigenvalue weighted by molar-refractivity contribution is 0.0944. The summed E-state index contributed by atoms with van der Waals surface area (Å²) >= 11 is 1.62. The van der Waals surface area contributed by atoms with Gasteiger partial charge in [0.25, 0.3) is 5.91 Å². The van der Waals surface area contributed by atoms with Crippen LogP contribution in [-0.2, 0) is 26.3 Å². The molecule has 0 radical (unpaired) electrons. The second kappa shape index (κ2) is 6.97. The fraction of sp³-hybridized carbons (Fsp3) is 0.364. The number of benzene rings is 1. The van der Waals surface area contributed by atoms with Crippen LogP contribution in [0.1, 0.15) is 44.7 Å². The maximum absolute atomic E-state index is 12.8. The van der Waals surface area contributed by atoms with E-state index in [2.05, 4.69) is 54.6 Å². The van der Waals surface area contributed by atoms with E-state index >= 15 is 0 Å². The van der Waals surface area contributed by atoms with E-state index in [0.717, 1.165) is 35.5 Å². The van der Waals surface area contributed by atoms with Crippen LogP contribution < -0.4 is 5.32 Å². The van der Waals surface area contributed by atoms with Crippen molar-refractivity contribution in [1.29, 1.82) is 0 Å². The third kappa shape index (κ3) is 3.32. The number of amides is 1. The van der Waals surface area contributed by atoms with Gasteiger partial charge in [-0.2, -0.15) is 5.10 Å². The molecular weight excluding hydrogens is 354 g/mol. The van der Waals surface area contributed by atoms with Crippen molar-refractivity contribution in [3.05, 3.63) is 63.3 Å². The van der Waals surface area contributed by atoms with Gasteiger partial charge >= 0.3 is 0 Å². The molecule has 4 nitrogen and oxygen atoms in total. The van der Waals surface area contributed by atoms with Gasteiger partial charge in [-0.25, -0.2) is 0 Å². The number of rotatable bonds is 4. The molecule has 1 aliphatic rings. The molecule has 1 atom stereocenters. The number of carbonyl (C=O) groups excluding carboxylic acids is 1. The molecule has 5 heteroatoms. The van der Waals surface area contributed by atoms with Gasteiger partial charge in [-0.15, -0.1) is 11.3 Å². The largest absolute Gasteiger partial charge is 0.349 e. The fourth-order valence-corrected chi connectivity index (χ4v) is 5.12. The Bertz CT molecular complexity index is 1010. The van der Waals surface area contributed by atoms with Crippen molar-refractivity contribution in [3.8, 4) is 10.4 Å². The Morgan fingerprint density at radius 2 is 2.00 bits per heavy atom. The lowest BCUT2D eigenvalue weighted by Crippen LogP contribution is -2.33. The van der Waals surface area contributed by atoms with Gasteiger partial charge in [0.05, 0.1) is 10.6 Å². The molecule has 0 fully saturated rings. The maximum atomic E-state index is 12.8. The number of hydrogen-bond donors (Lipinski definition) is 1. The molecule has 1 aliphatic carbocycles. The zero-order chi connectivity index (χ0) is 19.1. The molecule has 0 saturated carbocycles. The topological polar surface area (TPSA) is 46.9 Å². The number of thiophene rings is 1. The number of carbonyl (C=O) groups is 1. The van der Waals surface area contributed by atoms with Gasteiger partial charge in [-0.3, -0.25) is 9.48 Å². The summed E-state index contributed by atoms with van der Waals surface area (Å²) in [6.07, 6.45) is 2.86. The highest BCUT2D eigenvalue weighted by Gasteiger charge is 2.22. The highest BCUT2D eigenvalue weighted by atomic mass is 32.1. The van der Waals surface area contributed by atoms with E-state index in [0.29, 0.717) is 0 Å². The predicted octanol–water partition coefficient (Wildman–Crippen LogP) is 4.23. The van der Waals surface area contributed by atoms with Crippen molar-refractivity contribution >= 4 is 17.2 Å². The Kier molecular flexibility index (Phi) is 4.64. The summed E-state index contributed by atoms with van der Waals surface area (Å²) in [7, 11) is 1.96. The van der Waals surface area contributed by atoms with Crippen LogP contribution in [0.5, 0.6) is 0 Å². The summed E-state index contributed by atoms with van der Waals surface area (Å²) < 4.78 is 1.91. The molecule has 140 valence electrons. The zero-order valence-electron chi connectivity index (χ0n) is 16.3. The summed E-state index contributed by atoms with van der Waals surface area (Å²) in [5.74, 6) is 0.0265. The molecule has 3 aromatic rings. The molecule has 2 aromatic heterocycles. The van der Waals surface area contributed by atoms with Crippen LogP contribution in [0, 0.1) is 13.8 Å². The first-order valence-corrected chi connectivity index (χ1v) is 10.3. The second-order valence-corrected chi connectivity index (χ2v) is 8.53. The summed E-state index contributed by atoms with van der Waals surface area (Å²) in [5, 5.41) is 7.65. The Balaban J connectivity index is 1.50. The van der Waals surface area contributed by atoms with Gasteiger partial charge < -0.3 is 5.32 Å². The smallest absolute Gasteiger partial charge is 0.261 e. The van der Waals surface area contributed by atoms with E-state index in [9.17, 15) is 4.79 Å². The molecule has 0 saturated heterocycles. The average molecular weight is 380 g/mol. The van der Waals surface area contributed by atoms with Crippen LogP contribution >= 0.6 is 11.3 Å². The van der Waals surface area contributed by atoms with Crippen molar-refractivity contribution in [3.63, 3.8) is 0 Å². The van der Waals surface area contributed by atoms with E-state index in [1.165, 1.54) is 27.1 Å². The Hall–Kier alpha value is -2.40. The minimum absolute atomic E-state index is 0.0265. The van der Waals surface area contributed by atoms with E-state index < -0.39 is 0 Å². The fourth-order valence-electron chi connectivity index (χ4n) is 3.95. The van der Waals surface area contributed by atoms with Gasteiger partial charge in [0.2, 0.25) is 0 Å². The third-order valence-corrected chi connectivity index (χ3v) is 6.71. The lowest BCUT2D eigenvalue weighted by Gasteiger charge is -2.15. The van der Waals surface area contributed by atoms with Crippen LogP contribution in [0.3, 0.4) is 0 Å². The summed E-state index contributed by atoms with van der Waals surface area (Å²) in [5.41, 5.74) is 7.41. The van der Waals surface area contributed by atoms with Crippen LogP contribution in [0.4, 0.5) is 0 Å². The Labute approximate surface area is 164 Å². The summed E-state index contributed by atoms with van der Waals surface area (Å²) in [6.45, 7) is 6.17. The summed E-state index contributed by atoms with van der Waals surface area (Å²) in [4.78, 5) is 14.9. The standard InChI is InChI=1S/C22H25N3OS/c1-13(11-19-14(2)24-25(4)15(19)3)23-22(26)20-12-17-10-9-16-7-5-6-8-18(16)21(17)27-20/h5-8,12-13H,9-11H2,1-4H3,(H,23,26)/t13-/m0/s1. The highest BCUT2D eigenvalue weighted by molar-refractivity contribution is 7.17. The van der Waals surface area contributed by atoms with Gasteiger partial charge in [0.1, 0.15) is 0 Å². The van der Waals surface area contributed by atoms with Crippen LogP contribution in [-0.4, -0.2) is 21.7 Å². The molecule has 0 unspecified atom stereocenters. The Morgan fingerprint density at radius 3 is 2.74 bits per heavy atom. The molecule has 1 aromatic carbocycles. The van der Waals surface area contributed by atoms with Crippen LogP contribution in [0.15, 0.2) is 30.3 Å². The number of aromatic nitrogens is 2. The van der Waals surface area contributed by atoms with Crippen LogP contribution in [0.25, 0.3) is 10.4 Å². The van der Waals surface area contributed by atoms with Gasteiger partial charge in [-0.1, -0.05) is 24.3 Å². The minimum Gasteiger partial charge on any atom is -0.349 e. The number of nitrogens with one attached hydrogen (secondary N) is 1. The Morgan fingerprint density at radius 1 is 1.26 bits per heavy atom. The van der Waals surface area contributed by atoms with Gasteiger partial charge in [-0.05, 0) is 68.4 Å². The SMILES string of the molecule is Cc1nn(C)c(C)c1C[C@H](C)NC(=O)c1cc2c(s1)-c1ccccc1CC2. The molecule has 1 amide bonds. The normalized spacial score (nSPS) is 13.8. The van der Waals surface area contributed by atoms with Crippen LogP contribution in [0.2, 0.25) is 0 Å². The first kappa shape index (κ1) is 18.0. The minimum atomic E-state index is 0.0265. The van der Waals surface area contributed by atoms with Gasteiger partial charge in [0.15, 0.2) is 0 Å². The second-order valence-electron chi connectivity index (χ2n) is 7.47. The highest BCUT2D eigenvalue weighted by Crippen LogP contribution is 2.39. The molecule has 2 heterocycles. The molecule has 4 rings (SSSR count). The first-order valence-electron chi connectivity index (χ1n) is 9.45. The van der Waals surface area contributed by atoms with Crippen molar-refractivity contribution < 1.29 is 4.79 Å². The van der Waals surface area contributed by atoms with E-state index in [-0.39, 0.29) is 11.9 Å². The number of aryl methyl sites for hydroxylation is 4. The molecule has 27 heavy (non-hydrogen) atoms. The molecular formula is C22H25N3OS. The molecule has 0 aliphatic heterocycles.